The average Bonchev–Trinajstić information content (AvgIpc) is 3.26. The third kappa shape index (κ3) is 6.29. The van der Waals surface area contributed by atoms with E-state index in [1.165, 1.54) is 41.3 Å². The van der Waals surface area contributed by atoms with Crippen LogP contribution in [0.1, 0.15) is 57.1 Å². The van der Waals surface area contributed by atoms with Crippen LogP contribution < -0.4 is 5.32 Å². The lowest BCUT2D eigenvalue weighted by Crippen LogP contribution is -2.32. The Morgan fingerprint density at radius 1 is 1.00 bits per heavy atom. The Hall–Kier alpha value is -3.54. The Morgan fingerprint density at radius 3 is 2.21 bits per heavy atom. The monoisotopic (exact) mass is 560 g/mol. The Labute approximate surface area is 219 Å². The molecule has 1 heterocycles. The minimum atomic E-state index is -5.04. The molecule has 3 rings (SSSR count). The van der Waals surface area contributed by atoms with Crippen LogP contribution in [0.5, 0.6) is 0 Å². The van der Waals surface area contributed by atoms with Gasteiger partial charge in [-0.2, -0.15) is 31.4 Å². The van der Waals surface area contributed by atoms with Crippen molar-refractivity contribution in [1.29, 1.82) is 0 Å². The summed E-state index contributed by atoms with van der Waals surface area (Å²) in [5, 5.41) is 5.85. The van der Waals surface area contributed by atoms with E-state index in [2.05, 4.69) is 10.4 Å². The fraction of sp³-hybridized carbons (Fsp3) is 0.320. The van der Waals surface area contributed by atoms with Gasteiger partial charge in [0.2, 0.25) is 0 Å². The Morgan fingerprint density at radius 2 is 1.66 bits per heavy atom. The van der Waals surface area contributed by atoms with E-state index in [0.29, 0.717) is 18.7 Å². The molecular weight excluding hydrogens is 538 g/mol. The molecule has 204 valence electrons. The van der Waals surface area contributed by atoms with Gasteiger partial charge in [-0.15, -0.1) is 0 Å². The van der Waals surface area contributed by atoms with Crippen molar-refractivity contribution in [2.45, 2.75) is 39.7 Å². The van der Waals surface area contributed by atoms with Crippen LogP contribution in [0.2, 0.25) is 5.02 Å². The molecule has 0 atom stereocenters. The SMILES string of the molecule is CCN(CC)C(=O)c1c(Cl)cccc1C(=O)Nc1ccc(Cn2nc(C(F)(F)F)cc2C(F)(F)F)cc1C. The van der Waals surface area contributed by atoms with Crippen molar-refractivity contribution >= 4 is 29.1 Å². The zero-order valence-electron chi connectivity index (χ0n) is 20.5. The number of benzene rings is 2. The first-order valence-corrected chi connectivity index (χ1v) is 11.8. The molecule has 38 heavy (non-hydrogen) atoms. The van der Waals surface area contributed by atoms with Gasteiger partial charge in [0, 0.05) is 24.8 Å². The van der Waals surface area contributed by atoms with E-state index in [0.717, 1.165) is 0 Å². The summed E-state index contributed by atoms with van der Waals surface area (Å²) in [6.07, 6.45) is -10.1. The van der Waals surface area contributed by atoms with E-state index >= 15 is 0 Å². The highest BCUT2D eigenvalue weighted by Crippen LogP contribution is 2.35. The van der Waals surface area contributed by atoms with Gasteiger partial charge in [-0.25, -0.2) is 0 Å². The van der Waals surface area contributed by atoms with Gasteiger partial charge in [0.25, 0.3) is 11.8 Å². The van der Waals surface area contributed by atoms with Crippen LogP contribution in [0, 0.1) is 6.92 Å². The molecule has 0 bridgehead atoms. The molecular formula is C25H23ClF6N4O2. The molecule has 3 aromatic rings. The Kier molecular flexibility index (Phi) is 8.45. The zero-order chi connectivity index (χ0) is 28.4. The van der Waals surface area contributed by atoms with Gasteiger partial charge in [-0.1, -0.05) is 29.8 Å². The van der Waals surface area contributed by atoms with Crippen LogP contribution in [-0.4, -0.2) is 39.6 Å². The second-order valence-corrected chi connectivity index (χ2v) is 8.72. The lowest BCUT2D eigenvalue weighted by molar-refractivity contribution is -0.144. The van der Waals surface area contributed by atoms with Crippen molar-refractivity contribution < 1.29 is 35.9 Å². The Bertz CT molecular complexity index is 1350. The number of aryl methyl sites for hydroxylation is 1. The number of hydrogen-bond acceptors (Lipinski definition) is 3. The molecule has 0 aliphatic carbocycles. The number of hydrogen-bond donors (Lipinski definition) is 1. The molecule has 0 fully saturated rings. The van der Waals surface area contributed by atoms with Crippen LogP contribution in [-0.2, 0) is 18.9 Å². The van der Waals surface area contributed by atoms with Gasteiger partial charge >= 0.3 is 12.4 Å². The third-order valence-corrected chi connectivity index (χ3v) is 6.07. The standard InChI is InChI=1S/C25H23ClF6N4O2/c1-4-35(5-2)23(38)21-16(7-6-8-17(21)26)22(37)33-18-10-9-15(11-14(18)3)13-36-20(25(30,31)32)12-19(34-36)24(27,28)29/h6-12H,4-5,13H2,1-3H3,(H,33,37). The molecule has 2 aromatic carbocycles. The normalized spacial score (nSPS) is 11.9. The highest BCUT2D eigenvalue weighted by Gasteiger charge is 2.41. The van der Waals surface area contributed by atoms with Gasteiger partial charge in [0.05, 0.1) is 22.7 Å². The number of nitrogens with one attached hydrogen (secondary N) is 1. The van der Waals surface area contributed by atoms with Crippen LogP contribution >= 0.6 is 11.6 Å². The molecule has 0 radical (unpaired) electrons. The Balaban J connectivity index is 1.88. The van der Waals surface area contributed by atoms with Crippen molar-refractivity contribution in [3.63, 3.8) is 0 Å². The van der Waals surface area contributed by atoms with Crippen molar-refractivity contribution in [3.05, 3.63) is 81.1 Å². The molecule has 0 unspecified atom stereocenters. The summed E-state index contributed by atoms with van der Waals surface area (Å²) in [5.74, 6) is -1.06. The molecule has 6 nitrogen and oxygen atoms in total. The summed E-state index contributed by atoms with van der Waals surface area (Å²) in [6, 6.07) is 8.59. The summed E-state index contributed by atoms with van der Waals surface area (Å²) >= 11 is 6.25. The van der Waals surface area contributed by atoms with Crippen molar-refractivity contribution in [2.75, 3.05) is 18.4 Å². The fourth-order valence-electron chi connectivity index (χ4n) is 3.83. The predicted molar refractivity (Wildman–Crippen MR) is 129 cm³/mol. The summed E-state index contributed by atoms with van der Waals surface area (Å²) in [7, 11) is 0. The van der Waals surface area contributed by atoms with Gasteiger partial charge < -0.3 is 10.2 Å². The zero-order valence-corrected chi connectivity index (χ0v) is 21.2. The van der Waals surface area contributed by atoms with Gasteiger partial charge in [-0.05, 0) is 50.1 Å². The molecule has 1 aromatic heterocycles. The molecule has 13 heteroatoms. The summed E-state index contributed by atoms with van der Waals surface area (Å²) < 4.78 is 79.0. The third-order valence-electron chi connectivity index (χ3n) is 5.75. The maximum atomic E-state index is 13.3. The summed E-state index contributed by atoms with van der Waals surface area (Å²) in [5.41, 5.74) is -2.19. The fourth-order valence-corrected chi connectivity index (χ4v) is 4.09. The number of amides is 2. The minimum absolute atomic E-state index is 0.0310. The molecule has 1 N–H and O–H groups in total. The molecule has 0 spiro atoms. The molecule has 0 saturated carbocycles. The van der Waals surface area contributed by atoms with E-state index in [4.69, 9.17) is 11.6 Å². The highest BCUT2D eigenvalue weighted by molar-refractivity contribution is 6.35. The average molecular weight is 561 g/mol. The highest BCUT2D eigenvalue weighted by atomic mass is 35.5. The van der Waals surface area contributed by atoms with Crippen molar-refractivity contribution in [3.8, 4) is 0 Å². The minimum Gasteiger partial charge on any atom is -0.339 e. The summed E-state index contributed by atoms with van der Waals surface area (Å²) in [4.78, 5) is 27.5. The maximum Gasteiger partial charge on any atom is 0.435 e. The molecule has 0 aliphatic rings. The molecule has 0 aliphatic heterocycles. The first-order chi connectivity index (χ1) is 17.7. The number of carbonyl (C=O) groups is 2. The van der Waals surface area contributed by atoms with Crippen molar-refractivity contribution in [1.82, 2.24) is 14.7 Å². The number of anilines is 1. The number of aromatic nitrogens is 2. The van der Waals surface area contributed by atoms with Crippen LogP contribution in [0.15, 0.2) is 42.5 Å². The number of carbonyl (C=O) groups excluding carboxylic acids is 2. The van der Waals surface area contributed by atoms with Gasteiger partial charge in [-0.3, -0.25) is 14.3 Å². The first-order valence-electron chi connectivity index (χ1n) is 11.4. The van der Waals surface area contributed by atoms with E-state index in [-0.39, 0.29) is 38.1 Å². The number of nitrogens with zero attached hydrogens (tertiary/aromatic N) is 3. The second-order valence-electron chi connectivity index (χ2n) is 8.31. The summed E-state index contributed by atoms with van der Waals surface area (Å²) in [6.45, 7) is 5.35. The smallest absolute Gasteiger partial charge is 0.339 e. The largest absolute Gasteiger partial charge is 0.435 e. The van der Waals surface area contributed by atoms with Crippen LogP contribution in [0.25, 0.3) is 0 Å². The van der Waals surface area contributed by atoms with E-state index < -0.39 is 42.1 Å². The lowest BCUT2D eigenvalue weighted by atomic mass is 10.0. The van der Waals surface area contributed by atoms with E-state index in [9.17, 15) is 35.9 Å². The number of halogens is 7. The molecule has 0 saturated heterocycles. The lowest BCUT2D eigenvalue weighted by Gasteiger charge is -2.21. The predicted octanol–water partition coefficient (Wildman–Crippen LogP) is 6.67. The van der Waals surface area contributed by atoms with E-state index in [1.807, 2.05) is 0 Å². The van der Waals surface area contributed by atoms with E-state index in [1.54, 1.807) is 20.8 Å². The number of alkyl halides is 6. The molecule has 2 amide bonds. The number of rotatable bonds is 7. The maximum absolute atomic E-state index is 13.3. The van der Waals surface area contributed by atoms with Crippen molar-refractivity contribution in [2.24, 2.45) is 0 Å². The second kappa shape index (κ2) is 11.1. The van der Waals surface area contributed by atoms with Gasteiger partial charge in [0.15, 0.2) is 5.69 Å². The first kappa shape index (κ1) is 29.0. The topological polar surface area (TPSA) is 67.2 Å². The quantitative estimate of drug-likeness (QED) is 0.328. The van der Waals surface area contributed by atoms with Crippen LogP contribution in [0.4, 0.5) is 32.0 Å². The van der Waals surface area contributed by atoms with Crippen LogP contribution in [0.3, 0.4) is 0 Å². The van der Waals surface area contributed by atoms with Gasteiger partial charge in [0.1, 0.15) is 5.69 Å².